The van der Waals surface area contributed by atoms with Crippen molar-refractivity contribution in [2.45, 2.75) is 31.8 Å². The van der Waals surface area contributed by atoms with Gasteiger partial charge in [-0.25, -0.2) is 0 Å². The van der Waals surface area contributed by atoms with E-state index in [1.807, 2.05) is 32.0 Å². The fraction of sp³-hybridized carbons (Fsp3) is 0.429. The third-order valence-corrected chi connectivity index (χ3v) is 4.68. The smallest absolute Gasteiger partial charge is 0.322 e. The molecule has 0 aliphatic rings. The van der Waals surface area contributed by atoms with E-state index >= 15 is 0 Å². The topological polar surface area (TPSA) is 83.5 Å². The van der Waals surface area contributed by atoms with Crippen molar-refractivity contribution in [2.75, 3.05) is 6.54 Å². The molecule has 0 aromatic heterocycles. The highest BCUT2D eigenvalue weighted by atomic mass is 32.2. The van der Waals surface area contributed by atoms with Crippen molar-refractivity contribution >= 4 is 22.7 Å². The fourth-order valence-corrected chi connectivity index (χ4v) is 2.69. The van der Waals surface area contributed by atoms with E-state index in [1.54, 1.807) is 0 Å². The van der Waals surface area contributed by atoms with Crippen LogP contribution in [0.1, 0.15) is 23.6 Å². The quantitative estimate of drug-likeness (QED) is 0.825. The number of amides is 1. The van der Waals surface area contributed by atoms with Crippen molar-refractivity contribution < 1.29 is 18.9 Å². The van der Waals surface area contributed by atoms with Crippen LogP contribution in [-0.2, 0) is 26.1 Å². The van der Waals surface area contributed by atoms with Gasteiger partial charge in [0.2, 0.25) is 5.91 Å². The summed E-state index contributed by atoms with van der Waals surface area (Å²) < 4.78 is 12.1. The number of hydrogen-bond donors (Lipinski definition) is 2. The largest absolute Gasteiger partial charge is 0.480 e. The number of nitrogens with one attached hydrogen (secondary N) is 1. The summed E-state index contributed by atoms with van der Waals surface area (Å²) in [6.45, 7) is 5.06. The Morgan fingerprint density at radius 3 is 2.50 bits per heavy atom. The minimum Gasteiger partial charge on any atom is -0.480 e. The summed E-state index contributed by atoms with van der Waals surface area (Å²) in [5, 5.41) is 9.98. The zero-order valence-electron chi connectivity index (χ0n) is 11.8. The van der Waals surface area contributed by atoms with Crippen molar-refractivity contribution in [2.24, 2.45) is 0 Å². The predicted octanol–water partition coefficient (Wildman–Crippen LogP) is 1.14. The van der Waals surface area contributed by atoms with E-state index in [0.29, 0.717) is 0 Å². The highest BCUT2D eigenvalue weighted by Crippen LogP contribution is 2.13. The van der Waals surface area contributed by atoms with Crippen LogP contribution in [0.2, 0.25) is 0 Å². The lowest BCUT2D eigenvalue weighted by atomic mass is 10.1. The van der Waals surface area contributed by atoms with E-state index in [4.69, 9.17) is 5.11 Å². The molecule has 0 saturated heterocycles. The molecule has 1 aromatic rings. The van der Waals surface area contributed by atoms with Crippen LogP contribution in [0.25, 0.3) is 0 Å². The van der Waals surface area contributed by atoms with Gasteiger partial charge in [0.1, 0.15) is 11.8 Å². The molecule has 2 N–H and O–H groups in total. The lowest BCUT2D eigenvalue weighted by molar-refractivity contribution is -0.137. The number of rotatable bonds is 6. The maximum Gasteiger partial charge on any atom is 0.322 e. The number of aryl methyl sites for hydroxylation is 2. The summed E-state index contributed by atoms with van der Waals surface area (Å²) in [6, 6.07) is 5.80. The van der Waals surface area contributed by atoms with Gasteiger partial charge in [0.05, 0.1) is 0 Å². The Bertz CT molecular complexity index is 542. The van der Waals surface area contributed by atoms with E-state index in [1.165, 1.54) is 6.92 Å². The molecule has 110 valence electrons. The van der Waals surface area contributed by atoms with Crippen LogP contribution in [0, 0.1) is 13.8 Å². The molecule has 6 heteroatoms. The van der Waals surface area contributed by atoms with Crippen LogP contribution < -0.4 is 5.32 Å². The van der Waals surface area contributed by atoms with Crippen LogP contribution in [0.3, 0.4) is 0 Å². The number of hydrogen-bond acceptors (Lipinski definition) is 3. The second kappa shape index (κ2) is 7.19. The number of aliphatic carboxylic acids is 1. The monoisotopic (exact) mass is 297 g/mol. The lowest BCUT2D eigenvalue weighted by Crippen LogP contribution is -2.38. The summed E-state index contributed by atoms with van der Waals surface area (Å²) in [7, 11) is -1.38. The molecule has 0 spiro atoms. The van der Waals surface area contributed by atoms with Gasteiger partial charge < -0.3 is 10.4 Å². The Morgan fingerprint density at radius 1 is 1.30 bits per heavy atom. The van der Waals surface area contributed by atoms with E-state index in [9.17, 15) is 13.8 Å². The molecule has 2 atom stereocenters. The first-order valence-corrected chi connectivity index (χ1v) is 7.62. The van der Waals surface area contributed by atoms with Gasteiger partial charge in [-0.15, -0.1) is 0 Å². The zero-order valence-corrected chi connectivity index (χ0v) is 12.6. The summed E-state index contributed by atoms with van der Waals surface area (Å²) in [5.41, 5.74) is 3.18. The molecule has 1 amide bonds. The van der Waals surface area contributed by atoms with E-state index in [-0.39, 0.29) is 5.75 Å². The van der Waals surface area contributed by atoms with E-state index in [0.717, 1.165) is 16.7 Å². The maximum absolute atomic E-state index is 12.1. The number of carboxylic acids is 1. The zero-order chi connectivity index (χ0) is 15.3. The van der Waals surface area contributed by atoms with Crippen molar-refractivity contribution in [3.8, 4) is 0 Å². The molecule has 0 bridgehead atoms. The molecule has 20 heavy (non-hydrogen) atoms. The second-order valence-corrected chi connectivity index (χ2v) is 6.45. The number of benzene rings is 1. The molecule has 1 aromatic carbocycles. The van der Waals surface area contributed by atoms with Crippen molar-refractivity contribution in [3.63, 3.8) is 0 Å². The fourth-order valence-electron chi connectivity index (χ4n) is 1.61. The van der Waals surface area contributed by atoms with Crippen molar-refractivity contribution in [1.29, 1.82) is 0 Å². The minimum absolute atomic E-state index is 0.281. The Balaban J connectivity index is 2.63. The molecule has 0 aliphatic heterocycles. The predicted molar refractivity (Wildman–Crippen MR) is 77.9 cm³/mol. The summed E-state index contributed by atoms with van der Waals surface area (Å²) in [5.74, 6) is -1.34. The Kier molecular flexibility index (Phi) is 5.88. The Hall–Kier alpha value is -1.69. The summed E-state index contributed by atoms with van der Waals surface area (Å²) >= 11 is 0. The van der Waals surface area contributed by atoms with Gasteiger partial charge in [-0.2, -0.15) is 0 Å². The first kappa shape index (κ1) is 16.4. The van der Waals surface area contributed by atoms with Crippen molar-refractivity contribution in [1.82, 2.24) is 5.32 Å². The third-order valence-electron chi connectivity index (χ3n) is 3.06. The summed E-state index contributed by atoms with van der Waals surface area (Å²) in [6.07, 6.45) is 0. The standard InChI is InChI=1S/C14H19NO4S/c1-9-4-5-12(6-10(9)2)8-20(19)11(3)14(18)15-7-13(16)17/h4-6,11H,7-8H2,1-3H3,(H,15,18)(H,16,17). The highest BCUT2D eigenvalue weighted by molar-refractivity contribution is 7.85. The van der Waals surface area contributed by atoms with Gasteiger partial charge in [0.15, 0.2) is 0 Å². The van der Waals surface area contributed by atoms with Gasteiger partial charge >= 0.3 is 5.97 Å². The normalized spacial score (nSPS) is 13.6. The molecular weight excluding hydrogens is 278 g/mol. The maximum atomic E-state index is 12.1. The molecule has 0 saturated carbocycles. The van der Waals surface area contributed by atoms with E-state index < -0.39 is 34.5 Å². The first-order chi connectivity index (χ1) is 9.31. The van der Waals surface area contributed by atoms with Crippen LogP contribution in [0.4, 0.5) is 0 Å². The first-order valence-electron chi connectivity index (χ1n) is 6.24. The van der Waals surface area contributed by atoms with Crippen LogP contribution in [-0.4, -0.2) is 33.0 Å². The second-order valence-electron chi connectivity index (χ2n) is 4.70. The highest BCUT2D eigenvalue weighted by Gasteiger charge is 2.20. The number of carboxylic acid groups (broad SMARTS) is 1. The van der Waals surface area contributed by atoms with Crippen molar-refractivity contribution in [3.05, 3.63) is 34.9 Å². The van der Waals surface area contributed by atoms with Gasteiger partial charge in [-0.3, -0.25) is 13.8 Å². The average Bonchev–Trinajstić information content (AvgIpc) is 2.39. The molecule has 5 nitrogen and oxygen atoms in total. The molecule has 0 aliphatic carbocycles. The molecule has 0 heterocycles. The Morgan fingerprint density at radius 2 is 1.95 bits per heavy atom. The number of carbonyl (C=O) groups is 2. The van der Waals surface area contributed by atoms with Gasteiger partial charge in [-0.1, -0.05) is 18.2 Å². The van der Waals surface area contributed by atoms with Gasteiger partial charge in [0, 0.05) is 16.6 Å². The average molecular weight is 297 g/mol. The van der Waals surface area contributed by atoms with Gasteiger partial charge in [-0.05, 0) is 37.5 Å². The molecule has 0 radical (unpaired) electrons. The SMILES string of the molecule is Cc1ccc(CS(=O)C(C)C(=O)NCC(=O)O)cc1C. The molecule has 1 rings (SSSR count). The van der Waals surface area contributed by atoms with E-state index in [2.05, 4.69) is 5.32 Å². The van der Waals surface area contributed by atoms with Crippen LogP contribution in [0.5, 0.6) is 0 Å². The molecular formula is C14H19NO4S. The van der Waals surface area contributed by atoms with Crippen LogP contribution in [0.15, 0.2) is 18.2 Å². The molecule has 0 fully saturated rings. The van der Waals surface area contributed by atoms with Crippen LogP contribution >= 0.6 is 0 Å². The number of carbonyl (C=O) groups excluding carboxylic acids is 1. The summed E-state index contributed by atoms with van der Waals surface area (Å²) in [4.78, 5) is 22.0. The van der Waals surface area contributed by atoms with Gasteiger partial charge in [0.25, 0.3) is 0 Å². The minimum atomic E-state index is -1.38. The Labute approximate surface area is 120 Å². The third kappa shape index (κ3) is 4.77. The molecule has 2 unspecified atom stereocenters. The lowest BCUT2D eigenvalue weighted by Gasteiger charge is -2.12.